The van der Waals surface area contributed by atoms with Gasteiger partial charge in [-0.15, -0.1) is 0 Å². The first-order valence-electron chi connectivity index (χ1n) is 10.6. The quantitative estimate of drug-likeness (QED) is 0.546. The van der Waals surface area contributed by atoms with Crippen LogP contribution >= 0.6 is 0 Å². The first kappa shape index (κ1) is 21.8. The molecule has 1 aliphatic heterocycles. The normalized spacial score (nSPS) is 13.5. The lowest BCUT2D eigenvalue weighted by molar-refractivity contribution is -0.120. The van der Waals surface area contributed by atoms with Gasteiger partial charge in [-0.3, -0.25) is 9.59 Å². The van der Waals surface area contributed by atoms with Crippen molar-refractivity contribution in [1.82, 2.24) is 0 Å². The minimum absolute atomic E-state index is 0.0235. The smallest absolute Gasteiger partial charge is 0.282 e. The Hall–Kier alpha value is -4.37. The fourth-order valence-corrected chi connectivity index (χ4v) is 3.59. The largest absolute Gasteiger partial charge is 0.491 e. The van der Waals surface area contributed by atoms with Gasteiger partial charge in [0.1, 0.15) is 11.4 Å². The Balaban J connectivity index is 1.76. The second kappa shape index (κ2) is 9.01. The van der Waals surface area contributed by atoms with E-state index >= 15 is 0 Å². The van der Waals surface area contributed by atoms with Crippen molar-refractivity contribution in [2.24, 2.45) is 0 Å². The van der Waals surface area contributed by atoms with E-state index in [2.05, 4.69) is 5.32 Å². The molecule has 0 saturated heterocycles. The molecule has 0 fully saturated rings. The zero-order valence-electron chi connectivity index (χ0n) is 18.6. The van der Waals surface area contributed by atoms with Gasteiger partial charge in [0.05, 0.1) is 29.0 Å². The van der Waals surface area contributed by atoms with Gasteiger partial charge in [0, 0.05) is 5.69 Å². The van der Waals surface area contributed by atoms with Crippen molar-refractivity contribution in [2.75, 3.05) is 10.2 Å². The number of anilines is 2. The zero-order chi connectivity index (χ0) is 23.5. The van der Waals surface area contributed by atoms with Crippen molar-refractivity contribution in [3.05, 3.63) is 95.2 Å². The molecule has 2 amide bonds. The number of nitrogens with zero attached hydrogens (tertiary/aromatic N) is 2. The molecule has 0 aliphatic carbocycles. The number of imide groups is 1. The summed E-state index contributed by atoms with van der Waals surface area (Å²) in [6, 6.07) is 23.1. The molecule has 0 radical (unpaired) electrons. The highest BCUT2D eigenvalue weighted by molar-refractivity contribution is 6.46. The second-order valence-corrected chi connectivity index (χ2v) is 8.04. The van der Waals surface area contributed by atoms with Gasteiger partial charge in [-0.1, -0.05) is 29.8 Å². The van der Waals surface area contributed by atoms with E-state index in [1.54, 1.807) is 48.5 Å². The van der Waals surface area contributed by atoms with Gasteiger partial charge in [-0.25, -0.2) is 4.90 Å². The average Bonchev–Trinajstić information content (AvgIpc) is 3.05. The molecule has 1 aliphatic rings. The average molecular weight is 437 g/mol. The second-order valence-electron chi connectivity index (χ2n) is 8.04. The van der Waals surface area contributed by atoms with Crippen LogP contribution in [0, 0.1) is 18.3 Å². The lowest BCUT2D eigenvalue weighted by atomic mass is 10.0. The summed E-state index contributed by atoms with van der Waals surface area (Å²) in [7, 11) is 0. The molecule has 6 heteroatoms. The number of ether oxygens (including phenoxy) is 1. The fraction of sp³-hybridized carbons (Fsp3) is 0.148. The number of hydrogen-bond acceptors (Lipinski definition) is 5. The summed E-state index contributed by atoms with van der Waals surface area (Å²) < 4.78 is 5.71. The number of nitrogens with one attached hydrogen (secondary N) is 1. The maximum atomic E-state index is 13.5. The number of carbonyl (C=O) groups is 2. The van der Waals surface area contributed by atoms with Crippen molar-refractivity contribution in [1.29, 1.82) is 5.26 Å². The van der Waals surface area contributed by atoms with Gasteiger partial charge in [-0.05, 0) is 74.9 Å². The van der Waals surface area contributed by atoms with Crippen LogP contribution in [0.1, 0.15) is 30.5 Å². The molecular formula is C27H23N3O3. The molecule has 0 bridgehead atoms. The predicted molar refractivity (Wildman–Crippen MR) is 128 cm³/mol. The van der Waals surface area contributed by atoms with Crippen LogP contribution < -0.4 is 15.0 Å². The Morgan fingerprint density at radius 1 is 0.879 bits per heavy atom. The van der Waals surface area contributed by atoms with E-state index in [4.69, 9.17) is 10.00 Å². The van der Waals surface area contributed by atoms with Crippen molar-refractivity contribution in [3.63, 3.8) is 0 Å². The van der Waals surface area contributed by atoms with E-state index in [-0.39, 0.29) is 17.4 Å². The first-order valence-corrected chi connectivity index (χ1v) is 10.6. The summed E-state index contributed by atoms with van der Waals surface area (Å²) in [6.07, 6.45) is 0.0235. The monoisotopic (exact) mass is 437 g/mol. The van der Waals surface area contributed by atoms with Crippen LogP contribution in [0.2, 0.25) is 0 Å². The molecule has 0 atom stereocenters. The Morgan fingerprint density at radius 3 is 2.09 bits per heavy atom. The zero-order valence-corrected chi connectivity index (χ0v) is 18.6. The highest BCUT2D eigenvalue weighted by atomic mass is 16.5. The molecule has 0 aromatic heterocycles. The van der Waals surface area contributed by atoms with Gasteiger partial charge in [0.25, 0.3) is 11.8 Å². The van der Waals surface area contributed by atoms with E-state index in [9.17, 15) is 9.59 Å². The molecule has 3 aromatic carbocycles. The third-order valence-electron chi connectivity index (χ3n) is 5.17. The fourth-order valence-electron chi connectivity index (χ4n) is 3.59. The Labute approximate surface area is 192 Å². The lowest BCUT2D eigenvalue weighted by Crippen LogP contribution is -2.32. The molecule has 33 heavy (non-hydrogen) atoms. The topological polar surface area (TPSA) is 82.4 Å². The van der Waals surface area contributed by atoms with E-state index in [0.29, 0.717) is 28.3 Å². The van der Waals surface area contributed by atoms with Gasteiger partial charge >= 0.3 is 0 Å². The number of benzene rings is 3. The highest BCUT2D eigenvalue weighted by Gasteiger charge is 2.40. The first-order chi connectivity index (χ1) is 15.9. The number of aryl methyl sites for hydroxylation is 1. The van der Waals surface area contributed by atoms with E-state index < -0.39 is 11.8 Å². The van der Waals surface area contributed by atoms with Crippen molar-refractivity contribution in [2.45, 2.75) is 26.9 Å². The molecule has 164 valence electrons. The van der Waals surface area contributed by atoms with Crippen LogP contribution in [0.5, 0.6) is 5.75 Å². The molecule has 3 aromatic rings. The summed E-state index contributed by atoms with van der Waals surface area (Å²) >= 11 is 0. The van der Waals surface area contributed by atoms with Crippen molar-refractivity contribution in [3.8, 4) is 11.8 Å². The third kappa shape index (κ3) is 4.48. The Morgan fingerprint density at radius 2 is 1.52 bits per heavy atom. The lowest BCUT2D eigenvalue weighted by Gasteiger charge is -2.15. The number of rotatable bonds is 6. The number of carbonyl (C=O) groups excluding carboxylic acids is 2. The molecule has 0 spiro atoms. The van der Waals surface area contributed by atoms with Gasteiger partial charge in [0.2, 0.25) is 0 Å². The Kier molecular flexibility index (Phi) is 5.97. The summed E-state index contributed by atoms with van der Waals surface area (Å²) in [6.45, 7) is 5.86. The van der Waals surface area contributed by atoms with E-state index in [1.165, 1.54) is 0 Å². The molecule has 1 heterocycles. The molecule has 0 unspecified atom stereocenters. The summed E-state index contributed by atoms with van der Waals surface area (Å²) in [5.74, 6) is -0.206. The SMILES string of the molecule is Cc1ccc(NC2=C(c3ccc(OC(C)C)cc3)C(=O)N(c3ccc(C#N)cc3)C2=O)cc1. The minimum Gasteiger partial charge on any atom is -0.491 e. The van der Waals surface area contributed by atoms with Crippen LogP contribution in [0.25, 0.3) is 5.57 Å². The van der Waals surface area contributed by atoms with Crippen LogP contribution in [0.15, 0.2) is 78.5 Å². The molecular weight excluding hydrogens is 414 g/mol. The highest BCUT2D eigenvalue weighted by Crippen LogP contribution is 2.34. The predicted octanol–water partition coefficient (Wildman–Crippen LogP) is 5.05. The molecule has 0 saturated carbocycles. The standard InChI is InChI=1S/C27H23N3O3/c1-17(2)33-23-14-8-20(9-15-23)24-25(29-21-10-4-18(3)5-11-21)27(32)30(26(24)31)22-12-6-19(16-28)7-13-22/h4-15,17,29H,1-3H3. The molecule has 6 nitrogen and oxygen atoms in total. The van der Waals surface area contributed by atoms with Gasteiger partial charge < -0.3 is 10.1 Å². The number of hydrogen-bond donors (Lipinski definition) is 1. The summed E-state index contributed by atoms with van der Waals surface area (Å²) in [5.41, 5.74) is 3.73. The Bertz CT molecular complexity index is 1270. The van der Waals surface area contributed by atoms with Crippen molar-refractivity contribution < 1.29 is 14.3 Å². The summed E-state index contributed by atoms with van der Waals surface area (Å²) in [4.78, 5) is 28.1. The van der Waals surface area contributed by atoms with Gasteiger partial charge in [-0.2, -0.15) is 5.26 Å². The maximum Gasteiger partial charge on any atom is 0.282 e. The van der Waals surface area contributed by atoms with Crippen LogP contribution in [0.4, 0.5) is 11.4 Å². The minimum atomic E-state index is -0.456. The van der Waals surface area contributed by atoms with Crippen molar-refractivity contribution >= 4 is 28.8 Å². The number of nitriles is 1. The molecule has 1 N–H and O–H groups in total. The van der Waals surface area contributed by atoms with Crippen LogP contribution in [0.3, 0.4) is 0 Å². The van der Waals surface area contributed by atoms with Gasteiger partial charge in [0.15, 0.2) is 0 Å². The van der Waals surface area contributed by atoms with E-state index in [0.717, 1.165) is 10.5 Å². The molecule has 4 rings (SSSR count). The number of amides is 2. The van der Waals surface area contributed by atoms with Crippen LogP contribution in [-0.4, -0.2) is 17.9 Å². The third-order valence-corrected chi connectivity index (χ3v) is 5.17. The van der Waals surface area contributed by atoms with E-state index in [1.807, 2.05) is 51.1 Å². The maximum absolute atomic E-state index is 13.5. The van der Waals surface area contributed by atoms with Crippen LogP contribution in [-0.2, 0) is 9.59 Å². The summed E-state index contributed by atoms with van der Waals surface area (Å²) in [5, 5.41) is 12.2.